The van der Waals surface area contributed by atoms with E-state index >= 15 is 0 Å². The summed E-state index contributed by atoms with van der Waals surface area (Å²) >= 11 is 12.0. The van der Waals surface area contributed by atoms with Crippen LogP contribution >= 0.6 is 23.2 Å². The number of hydrogen-bond donors (Lipinski definition) is 1. The van der Waals surface area contributed by atoms with Crippen molar-refractivity contribution in [3.05, 3.63) is 63.9 Å². The third kappa shape index (κ3) is 4.67. The molecule has 1 aromatic heterocycles. The molecule has 2 aromatic rings. The minimum absolute atomic E-state index is 0.168. The third-order valence-electron chi connectivity index (χ3n) is 3.62. The highest BCUT2D eigenvalue weighted by Crippen LogP contribution is 2.26. The molecule has 0 aliphatic rings. The molecule has 0 bridgehead atoms. The molecule has 0 spiro atoms. The third-order valence-corrected chi connectivity index (χ3v) is 4.36. The van der Waals surface area contributed by atoms with Gasteiger partial charge < -0.3 is 10.1 Å². The second-order valence-corrected chi connectivity index (χ2v) is 6.22. The number of nitrogens with zero attached hydrogens (tertiary/aromatic N) is 1. The monoisotopic (exact) mass is 352 g/mol. The van der Waals surface area contributed by atoms with Gasteiger partial charge in [0.1, 0.15) is 0 Å². The summed E-state index contributed by atoms with van der Waals surface area (Å²) in [6, 6.07) is 11.0. The van der Waals surface area contributed by atoms with Crippen LogP contribution in [0.4, 0.5) is 0 Å². The number of pyridine rings is 1. The van der Waals surface area contributed by atoms with Gasteiger partial charge >= 0.3 is 5.97 Å². The van der Waals surface area contributed by atoms with Crippen molar-refractivity contribution >= 4 is 29.2 Å². The molecular formula is C17H18Cl2N2O2. The zero-order chi connectivity index (χ0) is 16.9. The molecule has 0 saturated heterocycles. The van der Waals surface area contributed by atoms with E-state index in [1.165, 1.54) is 7.11 Å². The Kier molecular flexibility index (Phi) is 5.99. The number of carbonyl (C=O) groups excluding carboxylic acids is 1. The fraction of sp³-hybridized carbons (Fsp3) is 0.294. The number of methoxy groups -OCH3 is 1. The Labute approximate surface area is 145 Å². The van der Waals surface area contributed by atoms with Crippen LogP contribution in [0.25, 0.3) is 0 Å². The molecule has 0 amide bonds. The van der Waals surface area contributed by atoms with Gasteiger partial charge in [-0.25, -0.2) is 0 Å². The van der Waals surface area contributed by atoms with Crippen LogP contribution in [0.3, 0.4) is 0 Å². The number of nitrogens with one attached hydrogen (secondary N) is 1. The van der Waals surface area contributed by atoms with Gasteiger partial charge in [0.2, 0.25) is 0 Å². The number of aromatic nitrogens is 1. The molecule has 0 aliphatic carbocycles. The summed E-state index contributed by atoms with van der Waals surface area (Å²) < 4.78 is 4.81. The van der Waals surface area contributed by atoms with Crippen molar-refractivity contribution in [2.24, 2.45) is 0 Å². The van der Waals surface area contributed by atoms with Crippen LogP contribution in [0.2, 0.25) is 10.0 Å². The Balaban J connectivity index is 2.20. The van der Waals surface area contributed by atoms with Crippen LogP contribution in [0.5, 0.6) is 0 Å². The summed E-state index contributed by atoms with van der Waals surface area (Å²) in [7, 11) is 1.38. The molecule has 0 aliphatic heterocycles. The second kappa shape index (κ2) is 7.77. The molecule has 1 aromatic carbocycles. The normalized spacial score (nSPS) is 13.4. The van der Waals surface area contributed by atoms with Gasteiger partial charge in [0.25, 0.3) is 0 Å². The lowest BCUT2D eigenvalue weighted by Gasteiger charge is -2.29. The van der Waals surface area contributed by atoms with Gasteiger partial charge in [-0.15, -0.1) is 0 Å². The molecule has 6 heteroatoms. The predicted octanol–water partition coefficient (Wildman–Crippen LogP) is 3.96. The largest absolute Gasteiger partial charge is 0.469 e. The van der Waals surface area contributed by atoms with Crippen LogP contribution in [-0.4, -0.2) is 18.1 Å². The average molecular weight is 353 g/mol. The van der Waals surface area contributed by atoms with E-state index in [0.717, 1.165) is 11.3 Å². The first-order valence-corrected chi connectivity index (χ1v) is 7.87. The van der Waals surface area contributed by atoms with Crippen LogP contribution in [-0.2, 0) is 21.6 Å². The van der Waals surface area contributed by atoms with E-state index in [2.05, 4.69) is 10.3 Å². The summed E-state index contributed by atoms with van der Waals surface area (Å²) in [4.78, 5) is 16.1. The Morgan fingerprint density at radius 1 is 1.26 bits per heavy atom. The standard InChI is InChI=1S/C17H18Cl2N2O2/c1-17(10-16(22)23-2,15-5-3-4-8-20-15)21-11-12-6-7-13(18)14(19)9-12/h3-9,21H,10-11H2,1-2H3/t17-/m1/s1. The smallest absolute Gasteiger partial charge is 0.307 e. The van der Waals surface area contributed by atoms with Gasteiger partial charge in [-0.1, -0.05) is 35.3 Å². The van der Waals surface area contributed by atoms with E-state index in [1.54, 1.807) is 18.3 Å². The van der Waals surface area contributed by atoms with Crippen LogP contribution in [0, 0.1) is 0 Å². The summed E-state index contributed by atoms with van der Waals surface area (Å²) in [5.74, 6) is -0.306. The van der Waals surface area contributed by atoms with Gasteiger partial charge in [0.15, 0.2) is 0 Å². The molecule has 0 radical (unpaired) electrons. The second-order valence-electron chi connectivity index (χ2n) is 5.40. The van der Waals surface area contributed by atoms with E-state index < -0.39 is 5.54 Å². The maximum atomic E-state index is 11.8. The molecule has 1 N–H and O–H groups in total. The Morgan fingerprint density at radius 3 is 2.65 bits per heavy atom. The molecule has 4 nitrogen and oxygen atoms in total. The summed E-state index contributed by atoms with van der Waals surface area (Å²) in [6.07, 6.45) is 1.87. The lowest BCUT2D eigenvalue weighted by Crippen LogP contribution is -2.42. The van der Waals surface area contributed by atoms with E-state index in [0.29, 0.717) is 16.6 Å². The number of carbonyl (C=O) groups is 1. The number of esters is 1. The molecule has 1 atom stereocenters. The molecule has 0 unspecified atom stereocenters. The molecule has 1 heterocycles. The minimum Gasteiger partial charge on any atom is -0.469 e. The first kappa shape index (κ1) is 17.7. The summed E-state index contributed by atoms with van der Waals surface area (Å²) in [5, 5.41) is 4.39. The van der Waals surface area contributed by atoms with Crippen LogP contribution < -0.4 is 5.32 Å². The first-order valence-electron chi connectivity index (χ1n) is 7.12. The van der Waals surface area contributed by atoms with Crippen molar-refractivity contribution < 1.29 is 9.53 Å². The topological polar surface area (TPSA) is 51.2 Å². The van der Waals surface area contributed by atoms with E-state index in [1.807, 2.05) is 31.2 Å². The molecule has 0 saturated carbocycles. The van der Waals surface area contributed by atoms with Gasteiger partial charge in [-0.3, -0.25) is 9.78 Å². The van der Waals surface area contributed by atoms with Crippen LogP contribution in [0.1, 0.15) is 24.6 Å². The van der Waals surface area contributed by atoms with Gasteiger partial charge in [0.05, 0.1) is 34.8 Å². The van der Waals surface area contributed by atoms with E-state index in [4.69, 9.17) is 27.9 Å². The molecule has 2 rings (SSSR count). The lowest BCUT2D eigenvalue weighted by atomic mass is 9.92. The lowest BCUT2D eigenvalue weighted by molar-refractivity contribution is -0.142. The zero-order valence-corrected chi connectivity index (χ0v) is 14.5. The fourth-order valence-electron chi connectivity index (χ4n) is 2.24. The maximum Gasteiger partial charge on any atom is 0.307 e. The maximum absolute atomic E-state index is 11.8. The predicted molar refractivity (Wildman–Crippen MR) is 91.5 cm³/mol. The number of halogens is 2. The number of hydrogen-bond acceptors (Lipinski definition) is 4. The van der Waals surface area contributed by atoms with Gasteiger partial charge in [-0.05, 0) is 36.8 Å². The first-order chi connectivity index (χ1) is 10.9. The Hall–Kier alpha value is -1.62. The highest BCUT2D eigenvalue weighted by Gasteiger charge is 2.31. The molecule has 122 valence electrons. The molecular weight excluding hydrogens is 335 g/mol. The van der Waals surface area contributed by atoms with Crippen molar-refractivity contribution in [1.29, 1.82) is 0 Å². The SMILES string of the molecule is COC(=O)C[C@@](C)(NCc1ccc(Cl)c(Cl)c1)c1ccccn1. The van der Waals surface area contributed by atoms with E-state index in [-0.39, 0.29) is 12.4 Å². The molecule has 0 fully saturated rings. The highest BCUT2D eigenvalue weighted by molar-refractivity contribution is 6.42. The quantitative estimate of drug-likeness (QED) is 0.799. The fourth-order valence-corrected chi connectivity index (χ4v) is 2.56. The van der Waals surface area contributed by atoms with Crippen molar-refractivity contribution in [3.8, 4) is 0 Å². The Morgan fingerprint density at radius 2 is 2.04 bits per heavy atom. The van der Waals surface area contributed by atoms with Gasteiger partial charge in [-0.2, -0.15) is 0 Å². The molecule has 23 heavy (non-hydrogen) atoms. The number of ether oxygens (including phenoxy) is 1. The number of benzene rings is 1. The van der Waals surface area contributed by atoms with Crippen molar-refractivity contribution in [2.75, 3.05) is 7.11 Å². The van der Waals surface area contributed by atoms with Gasteiger partial charge in [0, 0.05) is 12.7 Å². The van der Waals surface area contributed by atoms with E-state index in [9.17, 15) is 4.79 Å². The minimum atomic E-state index is -0.652. The average Bonchev–Trinajstić information content (AvgIpc) is 2.56. The van der Waals surface area contributed by atoms with Crippen molar-refractivity contribution in [3.63, 3.8) is 0 Å². The highest BCUT2D eigenvalue weighted by atomic mass is 35.5. The van der Waals surface area contributed by atoms with Crippen molar-refractivity contribution in [1.82, 2.24) is 10.3 Å². The zero-order valence-electron chi connectivity index (χ0n) is 13.0. The number of rotatable bonds is 6. The summed E-state index contributed by atoms with van der Waals surface area (Å²) in [5.41, 5.74) is 1.08. The Bertz CT molecular complexity index is 680. The van der Waals surface area contributed by atoms with Crippen molar-refractivity contribution in [2.45, 2.75) is 25.4 Å². The van der Waals surface area contributed by atoms with Crippen LogP contribution in [0.15, 0.2) is 42.6 Å². The summed E-state index contributed by atoms with van der Waals surface area (Å²) in [6.45, 7) is 2.44.